The molecular formula is C9H19NO2S. The number of carboxylic acid groups (broad SMARTS) is 1. The number of nitrogens with one attached hydrogen (secondary N) is 1. The van der Waals surface area contributed by atoms with E-state index in [4.69, 9.17) is 5.11 Å². The van der Waals surface area contributed by atoms with Gasteiger partial charge in [-0.2, -0.15) is 11.8 Å². The van der Waals surface area contributed by atoms with E-state index in [1.807, 2.05) is 18.7 Å². The highest BCUT2D eigenvalue weighted by Crippen LogP contribution is 1.99. The summed E-state index contributed by atoms with van der Waals surface area (Å²) in [5.74, 6) is 1.35. The van der Waals surface area contributed by atoms with Crippen molar-refractivity contribution in [2.75, 3.05) is 18.1 Å². The van der Waals surface area contributed by atoms with Crippen molar-refractivity contribution >= 4 is 17.7 Å². The summed E-state index contributed by atoms with van der Waals surface area (Å²) in [6, 6.07) is -0.359. The average Bonchev–Trinajstić information content (AvgIpc) is 2.10. The van der Waals surface area contributed by atoms with Gasteiger partial charge < -0.3 is 10.4 Å². The molecule has 13 heavy (non-hydrogen) atoms. The molecule has 0 heterocycles. The number of hydrogen-bond donors (Lipinski definition) is 2. The van der Waals surface area contributed by atoms with E-state index in [1.165, 1.54) is 0 Å². The Hall–Kier alpha value is -0.220. The van der Waals surface area contributed by atoms with E-state index in [0.29, 0.717) is 6.42 Å². The molecule has 3 nitrogen and oxygen atoms in total. The molecule has 0 aromatic rings. The van der Waals surface area contributed by atoms with Gasteiger partial charge in [0.25, 0.3) is 0 Å². The highest BCUT2D eigenvalue weighted by Gasteiger charge is 2.14. The molecule has 0 fully saturated rings. The van der Waals surface area contributed by atoms with Crippen molar-refractivity contribution in [2.45, 2.75) is 32.7 Å². The molecule has 0 saturated heterocycles. The first-order valence-corrected chi connectivity index (χ1v) is 5.91. The number of thioether (sulfide) groups is 1. The second-order valence-corrected chi connectivity index (χ2v) is 4.22. The first-order chi connectivity index (χ1) is 6.22. The number of rotatable bonds is 8. The van der Waals surface area contributed by atoms with Crippen LogP contribution in [0.15, 0.2) is 0 Å². The standard InChI is InChI=1S/C9H19NO2S/c1-3-5-8(9(11)12)10-6-7-13-4-2/h8,10H,3-7H2,1-2H3,(H,11,12). The summed E-state index contributed by atoms with van der Waals surface area (Å²) in [5.41, 5.74) is 0. The topological polar surface area (TPSA) is 49.3 Å². The van der Waals surface area contributed by atoms with Crippen LogP contribution in [0, 0.1) is 0 Å². The van der Waals surface area contributed by atoms with E-state index in [9.17, 15) is 4.79 Å². The molecule has 0 amide bonds. The monoisotopic (exact) mass is 205 g/mol. The summed E-state index contributed by atoms with van der Waals surface area (Å²) in [4.78, 5) is 10.7. The van der Waals surface area contributed by atoms with Gasteiger partial charge in [-0.15, -0.1) is 0 Å². The lowest BCUT2D eigenvalue weighted by Crippen LogP contribution is -2.37. The van der Waals surface area contributed by atoms with Gasteiger partial charge in [0.2, 0.25) is 0 Å². The van der Waals surface area contributed by atoms with Crippen molar-refractivity contribution in [3.05, 3.63) is 0 Å². The van der Waals surface area contributed by atoms with Crippen LogP contribution in [0.25, 0.3) is 0 Å². The molecule has 0 spiro atoms. The Morgan fingerprint density at radius 1 is 1.54 bits per heavy atom. The molecule has 0 aliphatic rings. The zero-order valence-corrected chi connectivity index (χ0v) is 9.19. The Labute approximate surface area is 84.3 Å². The second kappa shape index (κ2) is 8.38. The van der Waals surface area contributed by atoms with Gasteiger partial charge in [0.05, 0.1) is 0 Å². The summed E-state index contributed by atoms with van der Waals surface area (Å²) >= 11 is 1.82. The summed E-state index contributed by atoms with van der Waals surface area (Å²) in [7, 11) is 0. The van der Waals surface area contributed by atoms with E-state index in [-0.39, 0.29) is 6.04 Å². The van der Waals surface area contributed by atoms with E-state index in [2.05, 4.69) is 12.2 Å². The van der Waals surface area contributed by atoms with Crippen LogP contribution in [0.5, 0.6) is 0 Å². The highest BCUT2D eigenvalue weighted by molar-refractivity contribution is 7.99. The SMILES string of the molecule is CCCC(NCCSCC)C(=O)O. The zero-order chi connectivity index (χ0) is 10.1. The molecule has 0 rings (SSSR count). The first-order valence-electron chi connectivity index (χ1n) is 4.76. The number of hydrogen-bond acceptors (Lipinski definition) is 3. The maximum absolute atomic E-state index is 10.7. The van der Waals surface area contributed by atoms with Crippen LogP contribution in [0.2, 0.25) is 0 Å². The van der Waals surface area contributed by atoms with Gasteiger partial charge in [0.15, 0.2) is 0 Å². The number of carbonyl (C=O) groups is 1. The van der Waals surface area contributed by atoms with Crippen molar-refractivity contribution in [1.29, 1.82) is 0 Å². The minimum Gasteiger partial charge on any atom is -0.480 e. The minimum atomic E-state index is -0.733. The predicted octanol–water partition coefficient (Wildman–Crippen LogP) is 1.58. The Morgan fingerprint density at radius 3 is 2.69 bits per heavy atom. The number of carboxylic acids is 1. The molecule has 2 N–H and O–H groups in total. The van der Waals surface area contributed by atoms with Crippen molar-refractivity contribution in [3.63, 3.8) is 0 Å². The van der Waals surface area contributed by atoms with Gasteiger partial charge in [0, 0.05) is 12.3 Å². The maximum Gasteiger partial charge on any atom is 0.320 e. The normalized spacial score (nSPS) is 12.8. The molecule has 4 heteroatoms. The average molecular weight is 205 g/mol. The molecule has 0 aromatic carbocycles. The van der Waals surface area contributed by atoms with Crippen LogP contribution < -0.4 is 5.32 Å². The van der Waals surface area contributed by atoms with E-state index >= 15 is 0 Å². The summed E-state index contributed by atoms with van der Waals surface area (Å²) in [5, 5.41) is 11.8. The lowest BCUT2D eigenvalue weighted by molar-refractivity contribution is -0.139. The first kappa shape index (κ1) is 12.8. The summed E-state index contributed by atoms with van der Waals surface area (Å²) in [6.07, 6.45) is 1.62. The third-order valence-corrected chi connectivity index (χ3v) is 2.62. The lowest BCUT2D eigenvalue weighted by atomic mass is 10.2. The predicted molar refractivity (Wildman–Crippen MR) is 57.3 cm³/mol. The van der Waals surface area contributed by atoms with Crippen LogP contribution in [-0.2, 0) is 4.79 Å². The molecular weight excluding hydrogens is 186 g/mol. The molecule has 0 radical (unpaired) electrons. The van der Waals surface area contributed by atoms with Crippen LogP contribution >= 0.6 is 11.8 Å². The second-order valence-electron chi connectivity index (χ2n) is 2.83. The summed E-state index contributed by atoms with van der Waals surface area (Å²) < 4.78 is 0. The molecule has 0 saturated carbocycles. The molecule has 0 aliphatic carbocycles. The fourth-order valence-electron chi connectivity index (χ4n) is 1.05. The molecule has 0 aromatic heterocycles. The van der Waals surface area contributed by atoms with Gasteiger partial charge in [-0.1, -0.05) is 20.3 Å². The van der Waals surface area contributed by atoms with Crippen molar-refractivity contribution < 1.29 is 9.90 Å². The maximum atomic E-state index is 10.7. The highest BCUT2D eigenvalue weighted by atomic mass is 32.2. The fourth-order valence-corrected chi connectivity index (χ4v) is 1.60. The van der Waals surface area contributed by atoms with Crippen LogP contribution in [0.3, 0.4) is 0 Å². The van der Waals surface area contributed by atoms with Crippen molar-refractivity contribution in [3.8, 4) is 0 Å². The molecule has 0 aliphatic heterocycles. The molecule has 1 atom stereocenters. The van der Waals surface area contributed by atoms with Crippen LogP contribution in [0.4, 0.5) is 0 Å². The lowest BCUT2D eigenvalue weighted by Gasteiger charge is -2.12. The zero-order valence-electron chi connectivity index (χ0n) is 8.38. The molecule has 1 unspecified atom stereocenters. The Balaban J connectivity index is 3.51. The van der Waals surface area contributed by atoms with Crippen LogP contribution in [0.1, 0.15) is 26.7 Å². The Morgan fingerprint density at radius 2 is 2.23 bits per heavy atom. The largest absolute Gasteiger partial charge is 0.480 e. The number of aliphatic carboxylic acids is 1. The third-order valence-electron chi connectivity index (χ3n) is 1.72. The van der Waals surface area contributed by atoms with Gasteiger partial charge >= 0.3 is 5.97 Å². The van der Waals surface area contributed by atoms with E-state index < -0.39 is 5.97 Å². The van der Waals surface area contributed by atoms with Gasteiger partial charge in [-0.25, -0.2) is 0 Å². The molecule has 0 bridgehead atoms. The van der Waals surface area contributed by atoms with Gasteiger partial charge in [-0.3, -0.25) is 4.79 Å². The minimum absolute atomic E-state index is 0.359. The third kappa shape index (κ3) is 6.90. The molecule has 78 valence electrons. The van der Waals surface area contributed by atoms with E-state index in [0.717, 1.165) is 24.5 Å². The smallest absolute Gasteiger partial charge is 0.320 e. The Kier molecular flexibility index (Phi) is 8.24. The summed E-state index contributed by atoms with van der Waals surface area (Å²) in [6.45, 7) is 4.89. The van der Waals surface area contributed by atoms with Crippen molar-refractivity contribution in [2.24, 2.45) is 0 Å². The quantitative estimate of drug-likeness (QED) is 0.591. The van der Waals surface area contributed by atoms with E-state index in [1.54, 1.807) is 0 Å². The van der Waals surface area contributed by atoms with Gasteiger partial charge in [-0.05, 0) is 12.2 Å². The fraction of sp³-hybridized carbons (Fsp3) is 0.889. The van der Waals surface area contributed by atoms with Crippen molar-refractivity contribution in [1.82, 2.24) is 5.32 Å². The van der Waals surface area contributed by atoms with Crippen LogP contribution in [-0.4, -0.2) is 35.2 Å². The Bertz CT molecular complexity index is 142. The van der Waals surface area contributed by atoms with Gasteiger partial charge in [0.1, 0.15) is 6.04 Å².